The molecule has 7 nitrogen and oxygen atoms in total. The average Bonchev–Trinajstić information content (AvgIpc) is 3.25. The number of rotatable bonds is 7. The molecular formula is C24H28N2O5S. The van der Waals surface area contributed by atoms with E-state index in [9.17, 15) is 8.42 Å². The van der Waals surface area contributed by atoms with E-state index < -0.39 is 10.0 Å². The molecule has 5 rings (SSSR count). The Labute approximate surface area is 188 Å². The molecular weight excluding hydrogens is 428 g/mol. The Balaban J connectivity index is 1.16. The zero-order chi connectivity index (χ0) is 22.0. The van der Waals surface area contributed by atoms with Crippen molar-refractivity contribution in [2.24, 2.45) is 0 Å². The van der Waals surface area contributed by atoms with Crippen LogP contribution in [0.2, 0.25) is 0 Å². The van der Waals surface area contributed by atoms with Gasteiger partial charge in [0.15, 0.2) is 11.5 Å². The van der Waals surface area contributed by atoms with Crippen LogP contribution in [0.5, 0.6) is 0 Å². The molecule has 1 saturated heterocycles. The maximum Gasteiger partial charge on any atom is 0.241 e. The second kappa shape index (κ2) is 9.13. The lowest BCUT2D eigenvalue weighted by Gasteiger charge is -2.26. The van der Waals surface area contributed by atoms with E-state index >= 15 is 0 Å². The van der Waals surface area contributed by atoms with E-state index in [2.05, 4.69) is 15.7 Å². The second-order valence-corrected chi connectivity index (χ2v) is 9.97. The molecule has 0 spiro atoms. The summed E-state index contributed by atoms with van der Waals surface area (Å²) in [4.78, 5) is 2.56. The zero-order valence-electron chi connectivity index (χ0n) is 18.0. The highest BCUT2D eigenvalue weighted by Crippen LogP contribution is 2.30. The number of allylic oxidation sites excluding steroid dienone is 2. The number of likely N-dealkylation sites (tertiary alicyclic amines) is 1. The number of sulfonamides is 1. The van der Waals surface area contributed by atoms with Crippen molar-refractivity contribution in [3.63, 3.8) is 0 Å². The van der Waals surface area contributed by atoms with Gasteiger partial charge in [0, 0.05) is 30.9 Å². The summed E-state index contributed by atoms with van der Waals surface area (Å²) in [5.41, 5.74) is 0. The maximum atomic E-state index is 13.1. The van der Waals surface area contributed by atoms with Gasteiger partial charge in [-0.1, -0.05) is 36.4 Å². The van der Waals surface area contributed by atoms with Gasteiger partial charge in [-0.3, -0.25) is 4.90 Å². The average molecular weight is 457 g/mol. The first-order chi connectivity index (χ1) is 15.6. The molecule has 0 radical (unpaired) electrons. The summed E-state index contributed by atoms with van der Waals surface area (Å²) >= 11 is 0. The third kappa shape index (κ3) is 4.48. The van der Waals surface area contributed by atoms with E-state index in [0.717, 1.165) is 60.4 Å². The van der Waals surface area contributed by atoms with E-state index in [0.29, 0.717) is 31.3 Å². The lowest BCUT2D eigenvalue weighted by Crippen LogP contribution is -2.37. The van der Waals surface area contributed by atoms with Gasteiger partial charge < -0.3 is 14.2 Å². The van der Waals surface area contributed by atoms with Gasteiger partial charge >= 0.3 is 0 Å². The van der Waals surface area contributed by atoms with Gasteiger partial charge in [-0.05, 0) is 36.9 Å². The highest BCUT2D eigenvalue weighted by Gasteiger charge is 2.29. The van der Waals surface area contributed by atoms with Gasteiger partial charge in [-0.25, -0.2) is 13.1 Å². The lowest BCUT2D eigenvalue weighted by atomic mass is 10.1. The molecule has 2 aromatic rings. The Bertz CT molecular complexity index is 1150. The molecule has 1 unspecified atom stereocenters. The summed E-state index contributed by atoms with van der Waals surface area (Å²) in [7, 11) is -3.60. The Morgan fingerprint density at radius 2 is 1.94 bits per heavy atom. The Morgan fingerprint density at radius 3 is 2.88 bits per heavy atom. The molecule has 0 saturated carbocycles. The topological polar surface area (TPSA) is 77.1 Å². The summed E-state index contributed by atoms with van der Waals surface area (Å²) < 4.78 is 46.4. The first-order valence-electron chi connectivity index (χ1n) is 11.1. The van der Waals surface area contributed by atoms with Crippen LogP contribution in [0.25, 0.3) is 10.8 Å². The lowest BCUT2D eigenvalue weighted by molar-refractivity contribution is 0.0403. The van der Waals surface area contributed by atoms with Crippen LogP contribution >= 0.6 is 0 Å². The normalized spacial score (nSPS) is 21.6. The molecule has 170 valence electrons. The number of nitrogens with one attached hydrogen (secondary N) is 1. The SMILES string of the molecule is O=S(=O)(NC1CCN(CCOC2=CCCC3=C2OCCO3)C1)c1cccc2ccccc12. The second-order valence-electron chi connectivity index (χ2n) is 8.29. The number of ether oxygens (including phenoxy) is 3. The van der Waals surface area contributed by atoms with E-state index in [4.69, 9.17) is 14.2 Å². The van der Waals surface area contributed by atoms with Gasteiger partial charge in [0.1, 0.15) is 25.6 Å². The fraction of sp³-hybridized carbons (Fsp3) is 0.417. The molecule has 0 bridgehead atoms. The summed E-state index contributed by atoms with van der Waals surface area (Å²) in [5, 5.41) is 1.66. The first kappa shape index (κ1) is 21.3. The number of fused-ring (bicyclic) bond motifs is 1. The molecule has 1 N–H and O–H groups in total. The van der Waals surface area contributed by atoms with Crippen molar-refractivity contribution in [1.29, 1.82) is 0 Å². The van der Waals surface area contributed by atoms with Crippen LogP contribution in [-0.2, 0) is 24.2 Å². The van der Waals surface area contributed by atoms with Crippen LogP contribution in [0.4, 0.5) is 0 Å². The van der Waals surface area contributed by atoms with Crippen molar-refractivity contribution < 1.29 is 22.6 Å². The number of hydrogen-bond donors (Lipinski definition) is 1. The third-order valence-electron chi connectivity index (χ3n) is 6.08. The fourth-order valence-corrected chi connectivity index (χ4v) is 6.02. The summed E-state index contributed by atoms with van der Waals surface area (Å²) in [6.07, 6.45) is 4.57. The van der Waals surface area contributed by atoms with E-state index in [1.54, 1.807) is 12.1 Å². The van der Waals surface area contributed by atoms with Crippen LogP contribution in [0.15, 0.2) is 70.7 Å². The summed E-state index contributed by atoms with van der Waals surface area (Å²) in [5.74, 6) is 2.39. The Kier molecular flexibility index (Phi) is 6.08. The van der Waals surface area contributed by atoms with Gasteiger partial charge in [-0.15, -0.1) is 0 Å². The summed E-state index contributed by atoms with van der Waals surface area (Å²) in [6, 6.07) is 12.8. The van der Waals surface area contributed by atoms with Crippen molar-refractivity contribution in [1.82, 2.24) is 9.62 Å². The Morgan fingerprint density at radius 1 is 1.09 bits per heavy atom. The minimum Gasteiger partial charge on any atom is -0.490 e. The molecule has 0 amide bonds. The van der Waals surface area contributed by atoms with Crippen molar-refractivity contribution in [3.8, 4) is 0 Å². The third-order valence-corrected chi connectivity index (χ3v) is 7.66. The van der Waals surface area contributed by atoms with Crippen molar-refractivity contribution >= 4 is 20.8 Å². The van der Waals surface area contributed by atoms with Crippen LogP contribution in [0.3, 0.4) is 0 Å². The van der Waals surface area contributed by atoms with E-state index in [1.165, 1.54) is 0 Å². The molecule has 1 aliphatic carbocycles. The highest BCUT2D eigenvalue weighted by molar-refractivity contribution is 7.89. The molecule has 2 heterocycles. The minimum atomic E-state index is -3.60. The fourth-order valence-electron chi connectivity index (χ4n) is 4.53. The van der Waals surface area contributed by atoms with Crippen molar-refractivity contribution in [3.05, 3.63) is 65.8 Å². The maximum absolute atomic E-state index is 13.1. The zero-order valence-corrected chi connectivity index (χ0v) is 18.8. The predicted octanol–water partition coefficient (Wildman–Crippen LogP) is 3.15. The predicted molar refractivity (Wildman–Crippen MR) is 121 cm³/mol. The molecule has 1 atom stereocenters. The highest BCUT2D eigenvalue weighted by atomic mass is 32.2. The van der Waals surface area contributed by atoms with E-state index in [-0.39, 0.29) is 6.04 Å². The van der Waals surface area contributed by atoms with Gasteiger partial charge in [0.25, 0.3) is 0 Å². The van der Waals surface area contributed by atoms with Crippen LogP contribution < -0.4 is 4.72 Å². The standard InChI is InChI=1S/C24H28N2O5S/c27-32(28,23-10-3-6-18-5-1-2-7-20(18)23)25-19-11-12-26(17-19)13-14-29-21-8-4-9-22-24(21)31-16-15-30-22/h1-3,5-8,10,19,25H,4,9,11-17H2. The van der Waals surface area contributed by atoms with Crippen LogP contribution in [0, 0.1) is 0 Å². The van der Waals surface area contributed by atoms with Gasteiger partial charge in [-0.2, -0.15) is 0 Å². The molecule has 1 fully saturated rings. The monoisotopic (exact) mass is 456 g/mol. The smallest absolute Gasteiger partial charge is 0.241 e. The van der Waals surface area contributed by atoms with Crippen LogP contribution in [-0.4, -0.2) is 58.8 Å². The van der Waals surface area contributed by atoms with Gasteiger partial charge in [0.05, 0.1) is 4.90 Å². The molecule has 32 heavy (non-hydrogen) atoms. The molecule has 2 aromatic carbocycles. The quantitative estimate of drug-likeness (QED) is 0.690. The molecule has 0 aromatic heterocycles. The summed E-state index contributed by atoms with van der Waals surface area (Å²) in [6.45, 7) is 3.89. The molecule has 2 aliphatic heterocycles. The Hall–Kier alpha value is -2.55. The first-order valence-corrected chi connectivity index (χ1v) is 12.6. The van der Waals surface area contributed by atoms with Crippen molar-refractivity contribution in [2.45, 2.75) is 30.2 Å². The van der Waals surface area contributed by atoms with Gasteiger partial charge in [0.2, 0.25) is 10.0 Å². The largest absolute Gasteiger partial charge is 0.490 e. The number of hydrogen-bond acceptors (Lipinski definition) is 6. The van der Waals surface area contributed by atoms with E-state index in [1.807, 2.05) is 30.3 Å². The van der Waals surface area contributed by atoms with Crippen molar-refractivity contribution in [2.75, 3.05) is 39.5 Å². The number of benzene rings is 2. The number of nitrogens with zero attached hydrogens (tertiary/aromatic N) is 1. The molecule has 3 aliphatic rings. The van der Waals surface area contributed by atoms with Crippen LogP contribution in [0.1, 0.15) is 19.3 Å². The minimum absolute atomic E-state index is 0.114. The molecule has 8 heteroatoms.